The van der Waals surface area contributed by atoms with Crippen molar-refractivity contribution in [1.29, 1.82) is 0 Å². The molecule has 0 spiro atoms. The maximum atomic E-state index is 6.05. The molecule has 148 valence electrons. The second-order valence-electron chi connectivity index (χ2n) is 6.51. The van der Waals surface area contributed by atoms with Crippen LogP contribution in [-0.4, -0.2) is 35.5 Å². The normalized spacial score (nSPS) is 17.1. The first kappa shape index (κ1) is 20.6. The SMILES string of the molecule is C=C(Nc1ncccc1C)N1CCC=N/C(=C/C=C/c2cccc(Cl)c2)C1=NC. The van der Waals surface area contributed by atoms with E-state index in [4.69, 9.17) is 11.6 Å². The molecule has 0 fully saturated rings. The third-order valence-electron chi connectivity index (χ3n) is 4.40. The molecular weight excluding hydrogens is 382 g/mol. The van der Waals surface area contributed by atoms with E-state index in [1.807, 2.05) is 72.7 Å². The maximum absolute atomic E-state index is 6.05. The molecule has 1 aliphatic heterocycles. The quantitative estimate of drug-likeness (QED) is 0.731. The van der Waals surface area contributed by atoms with Gasteiger partial charge in [0.1, 0.15) is 17.3 Å². The van der Waals surface area contributed by atoms with Crippen molar-refractivity contribution in [2.45, 2.75) is 13.3 Å². The molecule has 5 nitrogen and oxygen atoms in total. The van der Waals surface area contributed by atoms with E-state index < -0.39 is 0 Å². The molecule has 1 aromatic carbocycles. The van der Waals surface area contributed by atoms with Crippen molar-refractivity contribution in [3.63, 3.8) is 0 Å². The number of pyridine rings is 1. The van der Waals surface area contributed by atoms with Crippen molar-refractivity contribution < 1.29 is 0 Å². The van der Waals surface area contributed by atoms with Crippen LogP contribution in [0.1, 0.15) is 17.5 Å². The first-order valence-electron chi connectivity index (χ1n) is 9.37. The molecule has 2 aromatic rings. The molecule has 1 aliphatic rings. The van der Waals surface area contributed by atoms with Gasteiger partial charge in [0, 0.05) is 37.4 Å². The van der Waals surface area contributed by atoms with Gasteiger partial charge in [-0.3, -0.25) is 9.98 Å². The van der Waals surface area contributed by atoms with E-state index in [9.17, 15) is 0 Å². The lowest BCUT2D eigenvalue weighted by Crippen LogP contribution is -2.34. The standard InChI is InChI=1S/C23H24ClN5/c1-17-8-6-13-27-22(17)28-18(2)29-15-7-14-26-21(23(29)25-3)12-5-10-19-9-4-11-20(24)16-19/h4-6,8-14,16H,2,7,15H2,1,3H3,(H,27,28)/b10-5+,21-12+,25-23?. The molecule has 0 atom stereocenters. The first-order valence-corrected chi connectivity index (χ1v) is 9.75. The Balaban J connectivity index is 1.81. The minimum atomic E-state index is 0.710. The number of anilines is 1. The fraction of sp³-hybridized carbons (Fsp3) is 0.174. The molecule has 1 N–H and O–H groups in total. The Morgan fingerprint density at radius 2 is 2.17 bits per heavy atom. The molecule has 29 heavy (non-hydrogen) atoms. The number of aliphatic imine (C=N–C) groups is 2. The van der Waals surface area contributed by atoms with E-state index in [1.165, 1.54) is 0 Å². The summed E-state index contributed by atoms with van der Waals surface area (Å²) in [6.45, 7) is 6.94. The zero-order valence-corrected chi connectivity index (χ0v) is 17.4. The number of aryl methyl sites for hydroxylation is 1. The number of aromatic nitrogens is 1. The van der Waals surface area contributed by atoms with Crippen molar-refractivity contribution in [3.05, 3.63) is 89.0 Å². The second kappa shape index (κ2) is 9.85. The summed E-state index contributed by atoms with van der Waals surface area (Å²) in [5.41, 5.74) is 2.84. The molecule has 0 unspecified atom stereocenters. The summed E-state index contributed by atoms with van der Waals surface area (Å²) >= 11 is 6.05. The highest BCUT2D eigenvalue weighted by Crippen LogP contribution is 2.19. The van der Waals surface area contributed by atoms with E-state index in [2.05, 4.69) is 26.9 Å². The summed E-state index contributed by atoms with van der Waals surface area (Å²) in [6, 6.07) is 11.6. The molecule has 0 saturated carbocycles. The minimum Gasteiger partial charge on any atom is -0.327 e. The number of nitrogens with one attached hydrogen (secondary N) is 1. The zero-order valence-electron chi connectivity index (χ0n) is 16.6. The second-order valence-corrected chi connectivity index (χ2v) is 6.94. The molecular formula is C23H24ClN5. The largest absolute Gasteiger partial charge is 0.327 e. The average molecular weight is 406 g/mol. The number of hydrogen-bond acceptors (Lipinski definition) is 4. The van der Waals surface area contributed by atoms with Crippen LogP contribution in [0.3, 0.4) is 0 Å². The number of amidine groups is 1. The van der Waals surface area contributed by atoms with Gasteiger partial charge < -0.3 is 10.2 Å². The van der Waals surface area contributed by atoms with Crippen molar-refractivity contribution in [2.24, 2.45) is 9.98 Å². The highest BCUT2D eigenvalue weighted by Gasteiger charge is 2.20. The first-order chi connectivity index (χ1) is 14.1. The van der Waals surface area contributed by atoms with Crippen LogP contribution >= 0.6 is 11.6 Å². The third-order valence-corrected chi connectivity index (χ3v) is 4.63. The predicted octanol–water partition coefficient (Wildman–Crippen LogP) is 5.33. The lowest BCUT2D eigenvalue weighted by atomic mass is 10.2. The van der Waals surface area contributed by atoms with Gasteiger partial charge in [0.2, 0.25) is 0 Å². The van der Waals surface area contributed by atoms with Gasteiger partial charge in [-0.05, 0) is 42.3 Å². The Labute approximate surface area is 176 Å². The molecule has 0 aliphatic carbocycles. The van der Waals surface area contributed by atoms with Crippen molar-refractivity contribution in [2.75, 3.05) is 18.9 Å². The predicted molar refractivity (Wildman–Crippen MR) is 123 cm³/mol. The fourth-order valence-corrected chi connectivity index (χ4v) is 3.15. The van der Waals surface area contributed by atoms with E-state index in [0.717, 1.165) is 41.4 Å². The molecule has 2 heterocycles. The van der Waals surface area contributed by atoms with Crippen molar-refractivity contribution >= 4 is 35.5 Å². The molecule has 6 heteroatoms. The summed E-state index contributed by atoms with van der Waals surface area (Å²) in [7, 11) is 1.76. The topological polar surface area (TPSA) is 52.9 Å². The molecule has 0 radical (unpaired) electrons. The molecule has 0 amide bonds. The Kier molecular flexibility index (Phi) is 6.98. The van der Waals surface area contributed by atoms with Gasteiger partial charge >= 0.3 is 0 Å². The van der Waals surface area contributed by atoms with Crippen LogP contribution in [0.25, 0.3) is 6.08 Å². The summed E-state index contributed by atoms with van der Waals surface area (Å²) in [5, 5.41) is 4.01. The van der Waals surface area contributed by atoms with E-state index in [0.29, 0.717) is 10.8 Å². The monoisotopic (exact) mass is 405 g/mol. The smallest absolute Gasteiger partial charge is 0.155 e. The van der Waals surface area contributed by atoms with E-state index in [-0.39, 0.29) is 0 Å². The van der Waals surface area contributed by atoms with Crippen LogP contribution < -0.4 is 5.32 Å². The van der Waals surface area contributed by atoms with Gasteiger partial charge in [-0.1, -0.05) is 48.5 Å². The highest BCUT2D eigenvalue weighted by molar-refractivity contribution is 6.30. The van der Waals surface area contributed by atoms with Crippen LogP contribution in [0, 0.1) is 6.92 Å². The van der Waals surface area contributed by atoms with Gasteiger partial charge in [0.15, 0.2) is 5.84 Å². The van der Waals surface area contributed by atoms with Gasteiger partial charge in [-0.25, -0.2) is 4.98 Å². The molecule has 1 aromatic heterocycles. The van der Waals surface area contributed by atoms with Crippen LogP contribution in [0.4, 0.5) is 5.82 Å². The summed E-state index contributed by atoms with van der Waals surface area (Å²) in [4.78, 5) is 15.5. The van der Waals surface area contributed by atoms with Gasteiger partial charge in [0.05, 0.1) is 0 Å². The maximum Gasteiger partial charge on any atom is 0.155 e. The lowest BCUT2D eigenvalue weighted by molar-refractivity contribution is 0.536. The van der Waals surface area contributed by atoms with Crippen LogP contribution in [0.5, 0.6) is 0 Å². The lowest BCUT2D eigenvalue weighted by Gasteiger charge is -2.27. The number of nitrogens with zero attached hydrogens (tertiary/aromatic N) is 4. The number of benzene rings is 1. The van der Waals surface area contributed by atoms with Crippen molar-refractivity contribution in [1.82, 2.24) is 9.88 Å². The summed E-state index contributed by atoms with van der Waals surface area (Å²) in [6.07, 6.45) is 10.3. The number of halogens is 1. The van der Waals surface area contributed by atoms with Gasteiger partial charge in [-0.2, -0.15) is 0 Å². The Bertz CT molecular complexity index is 1000. The van der Waals surface area contributed by atoms with Crippen LogP contribution in [-0.2, 0) is 0 Å². The summed E-state index contributed by atoms with van der Waals surface area (Å²) < 4.78 is 0. The van der Waals surface area contributed by atoms with Gasteiger partial charge in [-0.15, -0.1) is 0 Å². The fourth-order valence-electron chi connectivity index (χ4n) is 2.95. The van der Waals surface area contributed by atoms with Crippen LogP contribution in [0.2, 0.25) is 5.02 Å². The third kappa shape index (κ3) is 5.42. The molecule has 0 saturated heterocycles. The highest BCUT2D eigenvalue weighted by atomic mass is 35.5. The number of hydrogen-bond donors (Lipinski definition) is 1. The Hall–Kier alpha value is -3.18. The number of rotatable bonds is 5. The molecule has 3 rings (SSSR count). The van der Waals surface area contributed by atoms with Crippen molar-refractivity contribution in [3.8, 4) is 0 Å². The summed E-state index contributed by atoms with van der Waals surface area (Å²) in [5.74, 6) is 2.24. The van der Waals surface area contributed by atoms with Crippen LogP contribution in [0.15, 0.2) is 82.8 Å². The Morgan fingerprint density at radius 3 is 2.93 bits per heavy atom. The van der Waals surface area contributed by atoms with E-state index in [1.54, 1.807) is 13.2 Å². The molecule has 0 bridgehead atoms. The van der Waals surface area contributed by atoms with Gasteiger partial charge in [0.25, 0.3) is 0 Å². The zero-order chi connectivity index (χ0) is 20.6. The number of allylic oxidation sites excluding steroid dienone is 2. The average Bonchev–Trinajstić information content (AvgIpc) is 2.92. The van der Waals surface area contributed by atoms with E-state index >= 15 is 0 Å². The minimum absolute atomic E-state index is 0.710. The Morgan fingerprint density at radius 1 is 1.31 bits per heavy atom.